The quantitative estimate of drug-likeness (QED) is 0.309. The van der Waals surface area contributed by atoms with E-state index < -0.39 is 0 Å². The van der Waals surface area contributed by atoms with Gasteiger partial charge in [0.05, 0.1) is 0 Å². The first-order valence-electron chi connectivity index (χ1n) is 8.16. The molecule has 0 radical (unpaired) electrons. The van der Waals surface area contributed by atoms with Gasteiger partial charge >= 0.3 is 0 Å². The van der Waals surface area contributed by atoms with Crippen molar-refractivity contribution >= 4 is 0 Å². The highest BCUT2D eigenvalue weighted by atomic mass is 15.1. The molecule has 0 aliphatic rings. The summed E-state index contributed by atoms with van der Waals surface area (Å²) in [5, 5.41) is 0. The standard InChI is InChI=1S/C19H34N2/c1-5-14-20(15-6-2)18-12-10-9-11-13-19-21(16-7-3)17-8-4/h5-8H,1-4,9-19H2. The Bertz CT molecular complexity index is 235. The van der Waals surface area contributed by atoms with Crippen LogP contribution in [0, 0.1) is 0 Å². The van der Waals surface area contributed by atoms with Gasteiger partial charge < -0.3 is 0 Å². The lowest BCUT2D eigenvalue weighted by Crippen LogP contribution is -2.25. The fourth-order valence-corrected chi connectivity index (χ4v) is 2.45. The van der Waals surface area contributed by atoms with Crippen molar-refractivity contribution in [3.8, 4) is 0 Å². The van der Waals surface area contributed by atoms with E-state index in [9.17, 15) is 0 Å². The predicted octanol–water partition coefficient (Wildman–Crippen LogP) is 4.28. The maximum atomic E-state index is 3.80. The van der Waals surface area contributed by atoms with Crippen LogP contribution in [-0.4, -0.2) is 49.1 Å². The number of unbranched alkanes of at least 4 members (excludes halogenated alkanes) is 4. The van der Waals surface area contributed by atoms with Gasteiger partial charge in [-0.15, -0.1) is 26.3 Å². The number of nitrogens with zero attached hydrogens (tertiary/aromatic N) is 2. The lowest BCUT2D eigenvalue weighted by atomic mass is 10.1. The van der Waals surface area contributed by atoms with Crippen LogP contribution >= 0.6 is 0 Å². The van der Waals surface area contributed by atoms with Gasteiger partial charge in [-0.3, -0.25) is 9.80 Å². The van der Waals surface area contributed by atoms with Crippen molar-refractivity contribution in [1.29, 1.82) is 0 Å². The van der Waals surface area contributed by atoms with E-state index in [2.05, 4.69) is 36.1 Å². The average molecular weight is 290 g/mol. The van der Waals surface area contributed by atoms with Gasteiger partial charge in [0, 0.05) is 26.2 Å². The summed E-state index contributed by atoms with van der Waals surface area (Å²) in [6.07, 6.45) is 14.4. The summed E-state index contributed by atoms with van der Waals surface area (Å²) < 4.78 is 0. The second-order valence-electron chi connectivity index (χ2n) is 5.44. The molecule has 2 nitrogen and oxygen atoms in total. The third-order valence-corrected chi connectivity index (χ3v) is 3.50. The van der Waals surface area contributed by atoms with Gasteiger partial charge in [0.2, 0.25) is 0 Å². The molecule has 0 bridgehead atoms. The molecule has 0 aliphatic carbocycles. The molecule has 0 saturated carbocycles. The van der Waals surface area contributed by atoms with Gasteiger partial charge in [-0.1, -0.05) is 43.6 Å². The molecule has 0 fully saturated rings. The van der Waals surface area contributed by atoms with E-state index in [-0.39, 0.29) is 0 Å². The topological polar surface area (TPSA) is 6.48 Å². The molecule has 0 saturated heterocycles. The van der Waals surface area contributed by atoms with E-state index >= 15 is 0 Å². The second-order valence-corrected chi connectivity index (χ2v) is 5.44. The molecular formula is C19H34N2. The predicted molar refractivity (Wildman–Crippen MR) is 96.8 cm³/mol. The largest absolute Gasteiger partial charge is 0.296 e. The van der Waals surface area contributed by atoms with Crippen molar-refractivity contribution in [2.24, 2.45) is 0 Å². The zero-order valence-corrected chi connectivity index (χ0v) is 13.8. The van der Waals surface area contributed by atoms with Gasteiger partial charge in [0.25, 0.3) is 0 Å². The highest BCUT2D eigenvalue weighted by Gasteiger charge is 2.01. The van der Waals surface area contributed by atoms with Crippen molar-refractivity contribution in [3.63, 3.8) is 0 Å². The Morgan fingerprint density at radius 2 is 0.762 bits per heavy atom. The molecular weight excluding hydrogens is 256 g/mol. The molecule has 0 rings (SSSR count). The Morgan fingerprint density at radius 1 is 0.476 bits per heavy atom. The average Bonchev–Trinajstić information content (AvgIpc) is 2.47. The Kier molecular flexibility index (Phi) is 14.5. The lowest BCUT2D eigenvalue weighted by molar-refractivity contribution is 0.314. The van der Waals surface area contributed by atoms with Crippen LogP contribution in [0.3, 0.4) is 0 Å². The lowest BCUT2D eigenvalue weighted by Gasteiger charge is -2.19. The van der Waals surface area contributed by atoms with E-state index in [1.807, 2.05) is 24.3 Å². The summed E-state index contributed by atoms with van der Waals surface area (Å²) in [6, 6.07) is 0. The summed E-state index contributed by atoms with van der Waals surface area (Å²) in [5.41, 5.74) is 0. The summed E-state index contributed by atoms with van der Waals surface area (Å²) in [5.74, 6) is 0. The van der Waals surface area contributed by atoms with Crippen molar-refractivity contribution in [3.05, 3.63) is 50.6 Å². The molecule has 2 heteroatoms. The monoisotopic (exact) mass is 290 g/mol. The SMILES string of the molecule is C=CCN(CC=C)CCCCCCCN(CC=C)CC=C. The van der Waals surface area contributed by atoms with Crippen LogP contribution in [-0.2, 0) is 0 Å². The molecule has 0 unspecified atom stereocenters. The van der Waals surface area contributed by atoms with Crippen molar-refractivity contribution in [2.75, 3.05) is 39.3 Å². The molecule has 0 N–H and O–H groups in total. The Balaban J connectivity index is 3.57. The van der Waals surface area contributed by atoms with Crippen molar-refractivity contribution < 1.29 is 0 Å². The zero-order valence-electron chi connectivity index (χ0n) is 13.8. The summed E-state index contributed by atoms with van der Waals surface area (Å²) in [6.45, 7) is 21.4. The third-order valence-electron chi connectivity index (χ3n) is 3.50. The molecule has 0 amide bonds. The molecule has 21 heavy (non-hydrogen) atoms. The molecule has 0 spiro atoms. The van der Waals surface area contributed by atoms with Crippen molar-refractivity contribution in [2.45, 2.75) is 32.1 Å². The maximum absolute atomic E-state index is 3.80. The van der Waals surface area contributed by atoms with Crippen LogP contribution < -0.4 is 0 Å². The Hall–Kier alpha value is -1.12. The minimum Gasteiger partial charge on any atom is -0.296 e. The second kappa shape index (κ2) is 15.3. The highest BCUT2D eigenvalue weighted by molar-refractivity contribution is 4.80. The smallest absolute Gasteiger partial charge is 0.0163 e. The van der Waals surface area contributed by atoms with Crippen LogP contribution in [0.1, 0.15) is 32.1 Å². The Morgan fingerprint density at radius 3 is 1.05 bits per heavy atom. The molecule has 0 heterocycles. The number of hydrogen-bond acceptors (Lipinski definition) is 2. The number of hydrogen-bond donors (Lipinski definition) is 0. The minimum absolute atomic E-state index is 0.962. The highest BCUT2D eigenvalue weighted by Crippen LogP contribution is 2.06. The molecule has 0 aliphatic heterocycles. The van der Waals surface area contributed by atoms with E-state index in [1.165, 1.54) is 32.1 Å². The molecule has 120 valence electrons. The van der Waals surface area contributed by atoms with Crippen LogP contribution in [0.15, 0.2) is 50.6 Å². The molecule has 0 aromatic rings. The maximum Gasteiger partial charge on any atom is 0.0163 e. The van der Waals surface area contributed by atoms with Gasteiger partial charge in [-0.05, 0) is 25.9 Å². The van der Waals surface area contributed by atoms with E-state index in [0.717, 1.165) is 39.3 Å². The summed E-state index contributed by atoms with van der Waals surface area (Å²) >= 11 is 0. The van der Waals surface area contributed by atoms with Gasteiger partial charge in [0.15, 0.2) is 0 Å². The summed E-state index contributed by atoms with van der Waals surface area (Å²) in [4.78, 5) is 4.77. The zero-order chi connectivity index (χ0) is 15.8. The van der Waals surface area contributed by atoms with Crippen LogP contribution in [0.2, 0.25) is 0 Å². The first-order valence-corrected chi connectivity index (χ1v) is 8.16. The third kappa shape index (κ3) is 12.3. The normalized spacial score (nSPS) is 10.8. The van der Waals surface area contributed by atoms with Crippen LogP contribution in [0.4, 0.5) is 0 Å². The van der Waals surface area contributed by atoms with Gasteiger partial charge in [0.1, 0.15) is 0 Å². The van der Waals surface area contributed by atoms with E-state index in [1.54, 1.807) is 0 Å². The fourth-order valence-electron chi connectivity index (χ4n) is 2.45. The van der Waals surface area contributed by atoms with E-state index in [4.69, 9.17) is 0 Å². The van der Waals surface area contributed by atoms with Crippen LogP contribution in [0.25, 0.3) is 0 Å². The van der Waals surface area contributed by atoms with Gasteiger partial charge in [-0.2, -0.15) is 0 Å². The first-order chi connectivity index (χ1) is 10.3. The molecule has 0 aromatic heterocycles. The van der Waals surface area contributed by atoms with E-state index in [0.29, 0.717) is 0 Å². The van der Waals surface area contributed by atoms with Gasteiger partial charge in [-0.25, -0.2) is 0 Å². The summed E-state index contributed by atoms with van der Waals surface area (Å²) in [7, 11) is 0. The number of rotatable bonds is 16. The molecule has 0 atom stereocenters. The minimum atomic E-state index is 0.962. The fraction of sp³-hybridized carbons (Fsp3) is 0.579. The van der Waals surface area contributed by atoms with Crippen LogP contribution in [0.5, 0.6) is 0 Å². The molecule has 0 aromatic carbocycles. The first kappa shape index (κ1) is 19.9. The van der Waals surface area contributed by atoms with Crippen molar-refractivity contribution in [1.82, 2.24) is 9.80 Å². The Labute approximate surface area is 132 Å².